The summed E-state index contributed by atoms with van der Waals surface area (Å²) < 4.78 is 0. The van der Waals surface area contributed by atoms with E-state index in [-0.39, 0.29) is 5.91 Å². The predicted molar refractivity (Wildman–Crippen MR) is 65.6 cm³/mol. The van der Waals surface area contributed by atoms with E-state index in [0.717, 1.165) is 5.56 Å². The summed E-state index contributed by atoms with van der Waals surface area (Å²) in [4.78, 5) is 13.5. The molecule has 0 bridgehead atoms. The minimum absolute atomic E-state index is 0.0124. The van der Waals surface area contributed by atoms with Crippen LogP contribution in [0.5, 0.6) is 0 Å². The van der Waals surface area contributed by atoms with Crippen molar-refractivity contribution in [1.29, 1.82) is 0 Å². The van der Waals surface area contributed by atoms with Gasteiger partial charge in [0, 0.05) is 12.2 Å². The van der Waals surface area contributed by atoms with Crippen LogP contribution in [0.25, 0.3) is 0 Å². The van der Waals surface area contributed by atoms with Crippen molar-refractivity contribution in [2.75, 3.05) is 18.8 Å². The van der Waals surface area contributed by atoms with Gasteiger partial charge >= 0.3 is 0 Å². The van der Waals surface area contributed by atoms with Crippen LogP contribution < -0.4 is 5.73 Å². The minimum atomic E-state index is 0.0124. The summed E-state index contributed by atoms with van der Waals surface area (Å²) in [5.74, 6) is 2.49. The summed E-state index contributed by atoms with van der Waals surface area (Å²) in [5, 5.41) is 0. The zero-order chi connectivity index (χ0) is 12.0. The van der Waals surface area contributed by atoms with Crippen molar-refractivity contribution in [2.24, 2.45) is 0 Å². The monoisotopic (exact) mass is 216 g/mol. The molecular weight excluding hydrogens is 200 g/mol. The van der Waals surface area contributed by atoms with Crippen LogP contribution in [0.1, 0.15) is 12.5 Å². The molecule has 0 atom stereocenters. The summed E-state index contributed by atoms with van der Waals surface area (Å²) in [6.45, 7) is 2.88. The second-order valence-corrected chi connectivity index (χ2v) is 3.49. The first-order valence-corrected chi connectivity index (χ1v) is 5.23. The van der Waals surface area contributed by atoms with Crippen LogP contribution in [0.15, 0.2) is 24.3 Å². The van der Waals surface area contributed by atoms with Crippen LogP contribution in [0.4, 0.5) is 5.69 Å². The summed E-state index contributed by atoms with van der Waals surface area (Å²) in [6, 6.07) is 7.37. The van der Waals surface area contributed by atoms with Crippen molar-refractivity contribution in [3.05, 3.63) is 29.8 Å². The Hall–Kier alpha value is -1.95. The number of nitrogens with two attached hydrogens (primary N) is 1. The molecule has 0 saturated carbocycles. The molecule has 0 aliphatic carbocycles. The average Bonchev–Trinajstić information content (AvgIpc) is 2.29. The van der Waals surface area contributed by atoms with Gasteiger partial charge in [-0.25, -0.2) is 0 Å². The number of likely N-dealkylation sites (N-methyl/N-ethyl adjacent to an activating group) is 1. The molecule has 1 rings (SSSR count). The van der Waals surface area contributed by atoms with Crippen molar-refractivity contribution in [2.45, 2.75) is 13.3 Å². The van der Waals surface area contributed by atoms with Crippen molar-refractivity contribution in [3.63, 3.8) is 0 Å². The first-order chi connectivity index (χ1) is 7.69. The van der Waals surface area contributed by atoms with E-state index in [9.17, 15) is 4.79 Å². The third-order valence-electron chi connectivity index (χ3n) is 2.41. The Balaban J connectivity index is 2.71. The predicted octanol–water partition coefficient (Wildman–Crippen LogP) is 1.29. The number of nitrogen functional groups attached to an aromatic ring is 1. The third-order valence-corrected chi connectivity index (χ3v) is 2.41. The maximum Gasteiger partial charge on any atom is 0.227 e. The minimum Gasteiger partial charge on any atom is -0.398 e. The summed E-state index contributed by atoms with van der Waals surface area (Å²) in [5.41, 5.74) is 7.27. The lowest BCUT2D eigenvalue weighted by Gasteiger charge is -2.18. The van der Waals surface area contributed by atoms with Crippen LogP contribution in [0, 0.1) is 12.3 Å². The number of carbonyl (C=O) groups is 1. The highest BCUT2D eigenvalue weighted by molar-refractivity contribution is 5.80. The number of benzene rings is 1. The van der Waals surface area contributed by atoms with Gasteiger partial charge in [0.05, 0.1) is 13.0 Å². The molecular formula is C13H16N2O. The first kappa shape index (κ1) is 12.1. The third kappa shape index (κ3) is 3.03. The number of rotatable bonds is 4. The highest BCUT2D eigenvalue weighted by Gasteiger charge is 2.12. The molecule has 3 heteroatoms. The summed E-state index contributed by atoms with van der Waals surface area (Å²) >= 11 is 0. The smallest absolute Gasteiger partial charge is 0.227 e. The van der Waals surface area contributed by atoms with Crippen LogP contribution in [0.3, 0.4) is 0 Å². The number of amides is 1. The Morgan fingerprint density at radius 2 is 2.19 bits per heavy atom. The Kier molecular flexibility index (Phi) is 4.41. The molecule has 0 unspecified atom stereocenters. The van der Waals surface area contributed by atoms with E-state index in [0.29, 0.717) is 25.2 Å². The van der Waals surface area contributed by atoms with Gasteiger partial charge in [0.25, 0.3) is 0 Å². The van der Waals surface area contributed by atoms with Gasteiger partial charge in [-0.05, 0) is 18.6 Å². The number of hydrogen-bond donors (Lipinski definition) is 1. The highest BCUT2D eigenvalue weighted by atomic mass is 16.2. The van der Waals surface area contributed by atoms with Crippen LogP contribution in [-0.2, 0) is 11.2 Å². The van der Waals surface area contributed by atoms with Gasteiger partial charge in [0.1, 0.15) is 0 Å². The normalized spacial score (nSPS) is 9.50. The van der Waals surface area contributed by atoms with Crippen LogP contribution in [0.2, 0.25) is 0 Å². The number of carbonyl (C=O) groups excluding carboxylic acids is 1. The fraction of sp³-hybridized carbons (Fsp3) is 0.308. The second-order valence-electron chi connectivity index (χ2n) is 3.49. The highest BCUT2D eigenvalue weighted by Crippen LogP contribution is 2.12. The van der Waals surface area contributed by atoms with Crippen LogP contribution in [-0.4, -0.2) is 23.9 Å². The fourth-order valence-corrected chi connectivity index (χ4v) is 1.46. The Labute approximate surface area is 96.2 Å². The molecule has 3 nitrogen and oxygen atoms in total. The van der Waals surface area contributed by atoms with E-state index in [1.54, 1.807) is 11.0 Å². The van der Waals surface area contributed by atoms with Crippen molar-refractivity contribution in [3.8, 4) is 12.3 Å². The molecule has 2 N–H and O–H groups in total. The van der Waals surface area contributed by atoms with Gasteiger partial charge in [0.2, 0.25) is 5.91 Å². The maximum atomic E-state index is 11.9. The summed E-state index contributed by atoms with van der Waals surface area (Å²) in [6.07, 6.45) is 5.51. The summed E-state index contributed by atoms with van der Waals surface area (Å²) in [7, 11) is 0. The lowest BCUT2D eigenvalue weighted by Crippen LogP contribution is -2.32. The molecule has 0 aliphatic heterocycles. The molecule has 1 amide bonds. The maximum absolute atomic E-state index is 11.9. The molecule has 1 aromatic carbocycles. The number of nitrogens with zero attached hydrogens (tertiary/aromatic N) is 1. The topological polar surface area (TPSA) is 46.3 Å². The number of anilines is 1. The lowest BCUT2D eigenvalue weighted by molar-refractivity contribution is -0.129. The van der Waals surface area contributed by atoms with Gasteiger partial charge in [-0.2, -0.15) is 0 Å². The van der Waals surface area contributed by atoms with E-state index < -0.39 is 0 Å². The molecule has 0 radical (unpaired) electrons. The Morgan fingerprint density at radius 3 is 2.75 bits per heavy atom. The molecule has 0 aromatic heterocycles. The van der Waals surface area contributed by atoms with E-state index in [4.69, 9.17) is 12.2 Å². The van der Waals surface area contributed by atoms with E-state index >= 15 is 0 Å². The molecule has 1 aromatic rings. The number of hydrogen-bond acceptors (Lipinski definition) is 2. The first-order valence-electron chi connectivity index (χ1n) is 5.23. The fourth-order valence-electron chi connectivity index (χ4n) is 1.46. The van der Waals surface area contributed by atoms with E-state index in [1.807, 2.05) is 25.1 Å². The average molecular weight is 216 g/mol. The molecule has 0 aliphatic rings. The van der Waals surface area contributed by atoms with Gasteiger partial charge < -0.3 is 10.6 Å². The quantitative estimate of drug-likeness (QED) is 0.609. The van der Waals surface area contributed by atoms with Gasteiger partial charge in [-0.3, -0.25) is 4.79 Å². The molecule has 0 saturated heterocycles. The SMILES string of the molecule is C#CCN(CC)C(=O)Cc1ccccc1N. The molecule has 0 fully saturated rings. The molecule has 0 spiro atoms. The largest absolute Gasteiger partial charge is 0.398 e. The second kappa shape index (κ2) is 5.82. The van der Waals surface area contributed by atoms with Gasteiger partial charge in [-0.1, -0.05) is 24.1 Å². The van der Waals surface area contributed by atoms with Crippen molar-refractivity contribution < 1.29 is 4.79 Å². The van der Waals surface area contributed by atoms with Gasteiger partial charge in [0.15, 0.2) is 0 Å². The lowest BCUT2D eigenvalue weighted by atomic mass is 10.1. The van der Waals surface area contributed by atoms with Crippen molar-refractivity contribution in [1.82, 2.24) is 4.90 Å². The Bertz CT molecular complexity index is 407. The number of terminal acetylenes is 1. The molecule has 16 heavy (non-hydrogen) atoms. The molecule has 0 heterocycles. The van der Waals surface area contributed by atoms with Gasteiger partial charge in [-0.15, -0.1) is 6.42 Å². The molecule has 84 valence electrons. The standard InChI is InChI=1S/C13H16N2O/c1-3-9-15(4-2)13(16)10-11-7-5-6-8-12(11)14/h1,5-8H,4,9-10,14H2,2H3. The van der Waals surface area contributed by atoms with E-state index in [2.05, 4.69) is 5.92 Å². The number of para-hydroxylation sites is 1. The zero-order valence-electron chi connectivity index (χ0n) is 9.44. The van der Waals surface area contributed by atoms with Crippen LogP contribution >= 0.6 is 0 Å². The van der Waals surface area contributed by atoms with Crippen molar-refractivity contribution >= 4 is 11.6 Å². The van der Waals surface area contributed by atoms with E-state index in [1.165, 1.54) is 0 Å². The Morgan fingerprint density at radius 1 is 1.50 bits per heavy atom. The zero-order valence-corrected chi connectivity index (χ0v) is 9.44.